The number of fused-ring (bicyclic) bond motifs is 1. The number of carbonyl (C=O) groups excluding carboxylic acids is 2. The van der Waals surface area contributed by atoms with Crippen LogP contribution in [0.2, 0.25) is 0 Å². The lowest BCUT2D eigenvalue weighted by Gasteiger charge is -2.34. The summed E-state index contributed by atoms with van der Waals surface area (Å²) in [5.41, 5.74) is 0.0470. The van der Waals surface area contributed by atoms with E-state index in [1.165, 1.54) is 35.6 Å². The highest BCUT2D eigenvalue weighted by molar-refractivity contribution is 6.00. The number of aromatic nitrogens is 3. The molecule has 0 aliphatic carbocycles. The Morgan fingerprint density at radius 1 is 1.30 bits per heavy atom. The first-order valence-electron chi connectivity index (χ1n) is 8.42. The predicted octanol–water partition coefficient (Wildman–Crippen LogP) is 0.574. The molecule has 1 aliphatic heterocycles. The van der Waals surface area contributed by atoms with Crippen molar-refractivity contribution >= 4 is 22.7 Å². The molecule has 0 unspecified atom stereocenters. The molecule has 2 amide bonds. The van der Waals surface area contributed by atoms with Crippen LogP contribution in [0.5, 0.6) is 0 Å². The number of pyridine rings is 1. The van der Waals surface area contributed by atoms with Crippen LogP contribution < -0.4 is 10.7 Å². The highest BCUT2D eigenvalue weighted by atomic mass is 19.1. The average molecular weight is 369 g/mol. The molecule has 0 spiro atoms. The summed E-state index contributed by atoms with van der Waals surface area (Å²) in [6.45, 7) is 0.564. The second-order valence-corrected chi connectivity index (χ2v) is 6.28. The minimum Gasteiger partial charge on any atom is -0.358 e. The quantitative estimate of drug-likeness (QED) is 0.627. The van der Waals surface area contributed by atoms with Gasteiger partial charge in [0, 0.05) is 43.0 Å². The van der Waals surface area contributed by atoms with Gasteiger partial charge in [0.15, 0.2) is 0 Å². The maximum atomic E-state index is 13.9. The topological polar surface area (TPSA) is 111 Å². The molecule has 0 radical (unpaired) electrons. The van der Waals surface area contributed by atoms with Gasteiger partial charge in [0.25, 0.3) is 5.91 Å². The number of aromatic amines is 2. The van der Waals surface area contributed by atoms with Gasteiger partial charge in [0.1, 0.15) is 17.4 Å². The largest absolute Gasteiger partial charge is 0.358 e. The van der Waals surface area contributed by atoms with Crippen molar-refractivity contribution < 1.29 is 14.0 Å². The molecule has 9 heteroatoms. The number of H-pyrrole nitrogens is 2. The zero-order valence-electron chi connectivity index (χ0n) is 14.2. The van der Waals surface area contributed by atoms with E-state index in [1.54, 1.807) is 6.20 Å². The third-order valence-corrected chi connectivity index (χ3v) is 4.65. The summed E-state index contributed by atoms with van der Waals surface area (Å²) in [6.07, 6.45) is 4.52. The Morgan fingerprint density at radius 3 is 2.93 bits per heavy atom. The van der Waals surface area contributed by atoms with Gasteiger partial charge in [0.2, 0.25) is 11.3 Å². The van der Waals surface area contributed by atoms with Crippen LogP contribution in [-0.4, -0.2) is 50.8 Å². The monoisotopic (exact) mass is 369 g/mol. The number of nitrogens with zero attached hydrogens (tertiary/aromatic N) is 2. The molecule has 3 N–H and O–H groups in total. The lowest BCUT2D eigenvalue weighted by Crippen LogP contribution is -2.58. The van der Waals surface area contributed by atoms with Crippen molar-refractivity contribution in [3.05, 3.63) is 64.2 Å². The Bertz CT molecular complexity index is 1080. The minimum absolute atomic E-state index is 0.0458. The number of rotatable bonds is 3. The second-order valence-electron chi connectivity index (χ2n) is 6.28. The number of nitrogens with one attached hydrogen (secondary N) is 3. The van der Waals surface area contributed by atoms with Gasteiger partial charge < -0.3 is 20.2 Å². The smallest absolute Gasteiger partial charge is 0.260 e. The molecule has 3 heterocycles. The number of amides is 2. The van der Waals surface area contributed by atoms with Crippen LogP contribution in [0.1, 0.15) is 16.1 Å². The fraction of sp³-hybridized carbons (Fsp3) is 0.222. The van der Waals surface area contributed by atoms with Gasteiger partial charge in [-0.25, -0.2) is 9.37 Å². The lowest BCUT2D eigenvalue weighted by atomic mass is 10.0. The van der Waals surface area contributed by atoms with Gasteiger partial charge in [0.05, 0.1) is 11.8 Å². The van der Waals surface area contributed by atoms with Crippen molar-refractivity contribution in [2.24, 2.45) is 0 Å². The Balaban J connectivity index is 1.72. The van der Waals surface area contributed by atoms with E-state index in [2.05, 4.69) is 20.3 Å². The number of imidazole rings is 1. The molecule has 1 saturated heterocycles. The average Bonchev–Trinajstić information content (AvgIpc) is 3.17. The third-order valence-electron chi connectivity index (χ3n) is 4.65. The van der Waals surface area contributed by atoms with E-state index < -0.39 is 23.2 Å². The van der Waals surface area contributed by atoms with Crippen LogP contribution in [0.25, 0.3) is 10.9 Å². The maximum absolute atomic E-state index is 13.9. The van der Waals surface area contributed by atoms with E-state index >= 15 is 0 Å². The number of piperazine rings is 1. The summed E-state index contributed by atoms with van der Waals surface area (Å²) in [4.78, 5) is 49.0. The number of halogens is 1. The molecule has 3 aromatic rings. The zero-order valence-corrected chi connectivity index (χ0v) is 14.2. The Kier molecular flexibility index (Phi) is 4.19. The molecule has 1 atom stereocenters. The Hall–Kier alpha value is -3.49. The van der Waals surface area contributed by atoms with Crippen molar-refractivity contribution in [1.29, 1.82) is 0 Å². The molecule has 0 saturated carbocycles. The molecule has 1 fully saturated rings. The van der Waals surface area contributed by atoms with Gasteiger partial charge in [-0.2, -0.15) is 0 Å². The standard InChI is InChI=1S/C18H16FN5O3/c19-13-3-1-2-11-15(13)22-8-12(16(11)25)18(27)24-5-4-21-17(26)14(24)6-10-7-20-9-23-10/h1-3,7-9,14H,4-6H2,(H,20,23)(H,21,26)(H,22,25)/t14-/m1/s1. The number of carbonyl (C=O) groups is 2. The van der Waals surface area contributed by atoms with E-state index in [9.17, 15) is 18.8 Å². The number of hydrogen-bond donors (Lipinski definition) is 3. The summed E-state index contributed by atoms with van der Waals surface area (Å²) in [7, 11) is 0. The fourth-order valence-corrected chi connectivity index (χ4v) is 3.29. The molecule has 27 heavy (non-hydrogen) atoms. The van der Waals surface area contributed by atoms with E-state index in [0.717, 1.165) is 0 Å². The molecule has 1 aromatic carbocycles. The van der Waals surface area contributed by atoms with Crippen LogP contribution in [-0.2, 0) is 11.2 Å². The summed E-state index contributed by atoms with van der Waals surface area (Å²) in [5.74, 6) is -1.44. The van der Waals surface area contributed by atoms with Gasteiger partial charge in [-0.1, -0.05) is 6.07 Å². The minimum atomic E-state index is -0.769. The number of benzene rings is 1. The summed E-state index contributed by atoms with van der Waals surface area (Å²) in [5, 5.41) is 2.82. The van der Waals surface area contributed by atoms with Crippen molar-refractivity contribution in [2.45, 2.75) is 12.5 Å². The molecule has 4 rings (SSSR count). The third kappa shape index (κ3) is 2.97. The van der Waals surface area contributed by atoms with Crippen molar-refractivity contribution in [3.63, 3.8) is 0 Å². The van der Waals surface area contributed by atoms with E-state index in [0.29, 0.717) is 12.2 Å². The normalized spacial score (nSPS) is 17.1. The Labute approximate surface area is 152 Å². The highest BCUT2D eigenvalue weighted by Crippen LogP contribution is 2.16. The van der Waals surface area contributed by atoms with Crippen molar-refractivity contribution in [1.82, 2.24) is 25.2 Å². The van der Waals surface area contributed by atoms with Crippen molar-refractivity contribution in [3.8, 4) is 0 Å². The van der Waals surface area contributed by atoms with Gasteiger partial charge in [-0.05, 0) is 12.1 Å². The highest BCUT2D eigenvalue weighted by Gasteiger charge is 2.35. The first-order valence-corrected chi connectivity index (χ1v) is 8.42. The van der Waals surface area contributed by atoms with Crippen LogP contribution in [0.3, 0.4) is 0 Å². The van der Waals surface area contributed by atoms with E-state index in [1.807, 2.05) is 0 Å². The number of hydrogen-bond acceptors (Lipinski definition) is 4. The first kappa shape index (κ1) is 17.0. The molecule has 8 nitrogen and oxygen atoms in total. The molecule has 138 valence electrons. The molecular weight excluding hydrogens is 353 g/mol. The van der Waals surface area contributed by atoms with Crippen LogP contribution in [0.15, 0.2) is 41.7 Å². The fourth-order valence-electron chi connectivity index (χ4n) is 3.29. The summed E-state index contributed by atoms with van der Waals surface area (Å²) >= 11 is 0. The molecule has 0 bridgehead atoms. The molecule has 1 aliphatic rings. The summed E-state index contributed by atoms with van der Waals surface area (Å²) < 4.78 is 13.9. The van der Waals surface area contributed by atoms with E-state index in [-0.39, 0.29) is 35.3 Å². The molecule has 2 aromatic heterocycles. The SMILES string of the molecule is O=C1NCCN(C(=O)c2c[nH]c3c(F)cccc3c2=O)[C@@H]1Cc1cnc[nH]1. The van der Waals surface area contributed by atoms with Gasteiger partial charge in [-0.3, -0.25) is 14.4 Å². The summed E-state index contributed by atoms with van der Waals surface area (Å²) in [6, 6.07) is 3.33. The van der Waals surface area contributed by atoms with Gasteiger partial charge in [-0.15, -0.1) is 0 Å². The maximum Gasteiger partial charge on any atom is 0.260 e. The van der Waals surface area contributed by atoms with Gasteiger partial charge >= 0.3 is 0 Å². The predicted molar refractivity (Wildman–Crippen MR) is 94.7 cm³/mol. The first-order chi connectivity index (χ1) is 13.1. The van der Waals surface area contributed by atoms with Crippen LogP contribution in [0, 0.1) is 5.82 Å². The van der Waals surface area contributed by atoms with Crippen LogP contribution in [0.4, 0.5) is 4.39 Å². The van der Waals surface area contributed by atoms with Crippen LogP contribution >= 0.6 is 0 Å². The zero-order chi connectivity index (χ0) is 19.0. The van der Waals surface area contributed by atoms with E-state index in [4.69, 9.17) is 0 Å². The molecular formula is C18H16FN5O3. The lowest BCUT2D eigenvalue weighted by molar-refractivity contribution is -0.127. The second kappa shape index (κ2) is 6.67. The Morgan fingerprint density at radius 2 is 2.15 bits per heavy atom. The van der Waals surface area contributed by atoms with Crippen molar-refractivity contribution in [2.75, 3.05) is 13.1 Å². The number of para-hydroxylation sites is 1.